The van der Waals surface area contributed by atoms with Crippen molar-refractivity contribution in [3.8, 4) is 0 Å². The first kappa shape index (κ1) is 7.03. The molecular formula is C7H14NO. The van der Waals surface area contributed by atoms with Gasteiger partial charge < -0.3 is 0 Å². The fraction of sp³-hybridized carbons (Fsp3) is 1.00. The third-order valence-electron chi connectivity index (χ3n) is 1.90. The molecule has 0 amide bonds. The van der Waals surface area contributed by atoms with Crippen LogP contribution in [0, 0.1) is 0 Å². The summed E-state index contributed by atoms with van der Waals surface area (Å²) in [4.78, 5) is 2.00. The molecule has 0 N–H and O–H groups in total. The molecule has 1 radical (unpaired) electrons. The van der Waals surface area contributed by atoms with Crippen LogP contribution in [0.4, 0.5) is 0 Å². The molecule has 1 aliphatic rings. The number of hydrogen-bond acceptors (Lipinski definition) is 1. The van der Waals surface area contributed by atoms with Gasteiger partial charge in [0, 0.05) is 13.1 Å². The van der Waals surface area contributed by atoms with E-state index in [0.717, 1.165) is 13.1 Å². The summed E-state index contributed by atoms with van der Waals surface area (Å²) >= 11 is 0. The van der Waals surface area contributed by atoms with Crippen LogP contribution < -0.4 is 0 Å². The molecule has 2 heteroatoms. The van der Waals surface area contributed by atoms with E-state index in [4.69, 9.17) is 0 Å². The summed E-state index contributed by atoms with van der Waals surface area (Å²) in [6.45, 7) is 3.76. The first-order valence-electron chi connectivity index (χ1n) is 3.70. The van der Waals surface area contributed by atoms with Crippen LogP contribution in [0.5, 0.6) is 0 Å². The van der Waals surface area contributed by atoms with E-state index in [0.29, 0.717) is 0 Å². The molecule has 1 rings (SSSR count). The Labute approximate surface area is 56.5 Å². The van der Waals surface area contributed by atoms with Crippen molar-refractivity contribution in [1.29, 1.82) is 0 Å². The van der Waals surface area contributed by atoms with Gasteiger partial charge in [-0.05, 0) is 19.8 Å². The largest absolute Gasteiger partial charge is 0.276 e. The topological polar surface area (TPSA) is 23.1 Å². The Morgan fingerprint density at radius 3 is 2.11 bits per heavy atom. The Morgan fingerprint density at radius 2 is 1.78 bits per heavy atom. The molecule has 9 heavy (non-hydrogen) atoms. The van der Waals surface area contributed by atoms with E-state index in [2.05, 4.69) is 0 Å². The SMILES string of the molecule is CC([O])N1CCCCC1. The van der Waals surface area contributed by atoms with Crippen LogP contribution in [0.3, 0.4) is 0 Å². The van der Waals surface area contributed by atoms with Crippen molar-refractivity contribution < 1.29 is 5.11 Å². The lowest BCUT2D eigenvalue weighted by atomic mass is 10.1. The molecule has 0 spiro atoms. The third-order valence-corrected chi connectivity index (χ3v) is 1.90. The van der Waals surface area contributed by atoms with Crippen LogP contribution in [-0.4, -0.2) is 24.2 Å². The number of piperidine rings is 1. The Hall–Kier alpha value is -0.0800. The molecule has 1 saturated heterocycles. The average Bonchev–Trinajstić information content (AvgIpc) is 1.90. The molecule has 0 aliphatic carbocycles. The summed E-state index contributed by atoms with van der Waals surface area (Å²) in [7, 11) is 0. The van der Waals surface area contributed by atoms with Gasteiger partial charge in [-0.1, -0.05) is 6.42 Å². The van der Waals surface area contributed by atoms with Gasteiger partial charge in [0.1, 0.15) is 6.23 Å². The third kappa shape index (κ3) is 1.95. The van der Waals surface area contributed by atoms with Crippen LogP contribution in [0.2, 0.25) is 0 Å². The van der Waals surface area contributed by atoms with Gasteiger partial charge in [-0.2, -0.15) is 0 Å². The van der Waals surface area contributed by atoms with Crippen molar-refractivity contribution in [3.05, 3.63) is 0 Å². The molecule has 2 nitrogen and oxygen atoms in total. The van der Waals surface area contributed by atoms with Crippen molar-refractivity contribution in [3.63, 3.8) is 0 Å². The molecule has 1 heterocycles. The highest BCUT2D eigenvalue weighted by atomic mass is 16.3. The predicted octanol–water partition coefficient (Wildman–Crippen LogP) is 1.25. The zero-order valence-corrected chi connectivity index (χ0v) is 5.97. The average molecular weight is 128 g/mol. The fourth-order valence-electron chi connectivity index (χ4n) is 1.28. The maximum absolute atomic E-state index is 10.8. The maximum Gasteiger partial charge on any atom is 0.143 e. The first-order chi connectivity index (χ1) is 4.30. The van der Waals surface area contributed by atoms with Crippen LogP contribution in [0.25, 0.3) is 0 Å². The lowest BCUT2D eigenvalue weighted by Crippen LogP contribution is -2.36. The van der Waals surface area contributed by atoms with Crippen LogP contribution >= 0.6 is 0 Å². The standard InChI is InChI=1S/C7H14NO/c1-7(9)8-5-3-2-4-6-8/h7H,2-6H2,1H3. The summed E-state index contributed by atoms with van der Waals surface area (Å²) in [5, 5.41) is 10.8. The number of nitrogens with zero attached hydrogens (tertiary/aromatic N) is 1. The van der Waals surface area contributed by atoms with Crippen molar-refractivity contribution in [2.45, 2.75) is 32.4 Å². The Balaban J connectivity index is 2.23. The molecule has 1 unspecified atom stereocenters. The second-order valence-corrected chi connectivity index (χ2v) is 2.70. The predicted molar refractivity (Wildman–Crippen MR) is 35.6 cm³/mol. The molecule has 1 aliphatic heterocycles. The molecular weight excluding hydrogens is 114 g/mol. The van der Waals surface area contributed by atoms with Crippen LogP contribution in [-0.2, 0) is 5.11 Å². The Bertz CT molecular complexity index is 77.0. The smallest absolute Gasteiger partial charge is 0.143 e. The molecule has 0 aromatic heterocycles. The number of rotatable bonds is 1. The van der Waals surface area contributed by atoms with Gasteiger partial charge in [0.2, 0.25) is 0 Å². The van der Waals surface area contributed by atoms with Gasteiger partial charge in [-0.25, -0.2) is 5.11 Å². The highest BCUT2D eigenvalue weighted by molar-refractivity contribution is 4.63. The number of hydrogen-bond donors (Lipinski definition) is 0. The van der Waals surface area contributed by atoms with E-state index in [9.17, 15) is 5.11 Å². The quantitative estimate of drug-likeness (QED) is 0.521. The Kier molecular flexibility index (Phi) is 2.49. The normalized spacial score (nSPS) is 26.0. The molecule has 0 aromatic rings. The molecule has 0 saturated carbocycles. The van der Waals surface area contributed by atoms with Gasteiger partial charge in [-0.15, -0.1) is 0 Å². The molecule has 53 valence electrons. The zero-order chi connectivity index (χ0) is 6.69. The van der Waals surface area contributed by atoms with Crippen molar-refractivity contribution in [1.82, 2.24) is 4.90 Å². The molecule has 0 bridgehead atoms. The second kappa shape index (κ2) is 3.18. The monoisotopic (exact) mass is 128 g/mol. The van der Waals surface area contributed by atoms with Crippen LogP contribution in [0.1, 0.15) is 26.2 Å². The van der Waals surface area contributed by atoms with Crippen molar-refractivity contribution in [2.24, 2.45) is 0 Å². The lowest BCUT2D eigenvalue weighted by Gasteiger charge is -2.27. The van der Waals surface area contributed by atoms with E-state index in [-0.39, 0.29) is 0 Å². The molecule has 0 aromatic carbocycles. The van der Waals surface area contributed by atoms with Crippen LogP contribution in [0.15, 0.2) is 0 Å². The minimum absolute atomic E-state index is 0.481. The summed E-state index contributed by atoms with van der Waals surface area (Å²) in [5.74, 6) is 0. The van der Waals surface area contributed by atoms with E-state index < -0.39 is 6.23 Å². The minimum atomic E-state index is -0.481. The van der Waals surface area contributed by atoms with E-state index in [1.807, 2.05) is 4.90 Å². The summed E-state index contributed by atoms with van der Waals surface area (Å²) < 4.78 is 0. The van der Waals surface area contributed by atoms with Gasteiger partial charge in [-0.3, -0.25) is 4.90 Å². The molecule has 1 atom stereocenters. The van der Waals surface area contributed by atoms with E-state index in [1.54, 1.807) is 6.92 Å². The van der Waals surface area contributed by atoms with Gasteiger partial charge in [0.25, 0.3) is 0 Å². The second-order valence-electron chi connectivity index (χ2n) is 2.70. The maximum atomic E-state index is 10.8. The minimum Gasteiger partial charge on any atom is -0.276 e. The highest BCUT2D eigenvalue weighted by Gasteiger charge is 2.14. The zero-order valence-electron chi connectivity index (χ0n) is 5.97. The summed E-state index contributed by atoms with van der Waals surface area (Å²) in [6, 6.07) is 0. The van der Waals surface area contributed by atoms with Gasteiger partial charge in [0.15, 0.2) is 0 Å². The van der Waals surface area contributed by atoms with E-state index in [1.165, 1.54) is 19.3 Å². The van der Waals surface area contributed by atoms with Gasteiger partial charge >= 0.3 is 0 Å². The number of likely N-dealkylation sites (tertiary alicyclic amines) is 1. The lowest BCUT2D eigenvalue weighted by molar-refractivity contribution is -0.0431. The van der Waals surface area contributed by atoms with Gasteiger partial charge in [0.05, 0.1) is 0 Å². The van der Waals surface area contributed by atoms with E-state index >= 15 is 0 Å². The summed E-state index contributed by atoms with van der Waals surface area (Å²) in [5.41, 5.74) is 0. The Morgan fingerprint density at radius 1 is 1.22 bits per heavy atom. The summed E-state index contributed by atoms with van der Waals surface area (Å²) in [6.07, 6.45) is 3.26. The molecule has 1 fully saturated rings. The van der Waals surface area contributed by atoms with Crippen molar-refractivity contribution >= 4 is 0 Å². The first-order valence-corrected chi connectivity index (χ1v) is 3.70. The van der Waals surface area contributed by atoms with Crippen molar-refractivity contribution in [2.75, 3.05) is 13.1 Å². The highest BCUT2D eigenvalue weighted by Crippen LogP contribution is 2.10. The fourth-order valence-corrected chi connectivity index (χ4v) is 1.28.